The minimum absolute atomic E-state index is 0.172. The standard InChI is InChI=1S/C27H46N2O10/c1-8-16(2)20(23(32)33)38-24(34)21(27(6,7)36)29-22(31)18(28-25(35)39-26(3,4)5)14-15-19(30)37-17-12-10-9-11-13-17/h16-18,20-21,36H,8-15H2,1-7H3,(H,28,35)(H,29,31)(H,32,33)/t16-,18+,20+,21+/m1/s1. The largest absolute Gasteiger partial charge is 0.478 e. The first-order valence-electron chi connectivity index (χ1n) is 13.6. The van der Waals surface area contributed by atoms with Crippen LogP contribution in [0.3, 0.4) is 0 Å². The summed E-state index contributed by atoms with van der Waals surface area (Å²) < 4.78 is 15.9. The molecule has 224 valence electrons. The Balaban J connectivity index is 3.04. The molecule has 0 bridgehead atoms. The van der Waals surface area contributed by atoms with Crippen molar-refractivity contribution in [3.05, 3.63) is 0 Å². The highest BCUT2D eigenvalue weighted by molar-refractivity contribution is 5.91. The molecule has 12 heteroatoms. The number of hydrogen-bond acceptors (Lipinski definition) is 9. The Morgan fingerprint density at radius 1 is 0.974 bits per heavy atom. The van der Waals surface area contributed by atoms with E-state index in [4.69, 9.17) is 14.2 Å². The van der Waals surface area contributed by atoms with Crippen LogP contribution in [0.1, 0.15) is 99.8 Å². The SMILES string of the molecule is CC[C@@H](C)[C@H](OC(=O)[C@H](NC(=O)[C@H](CCC(=O)OC1CCCCC1)NC(=O)OC(C)(C)C)C(C)(C)O)C(=O)O. The van der Waals surface area contributed by atoms with E-state index in [0.29, 0.717) is 6.42 Å². The monoisotopic (exact) mass is 558 g/mol. The second-order valence-electron chi connectivity index (χ2n) is 11.7. The average Bonchev–Trinajstić information content (AvgIpc) is 2.81. The smallest absolute Gasteiger partial charge is 0.408 e. The van der Waals surface area contributed by atoms with Gasteiger partial charge in [0.2, 0.25) is 12.0 Å². The molecule has 0 saturated heterocycles. The number of rotatable bonds is 13. The third kappa shape index (κ3) is 12.7. The molecule has 1 fully saturated rings. The highest BCUT2D eigenvalue weighted by atomic mass is 16.6. The van der Waals surface area contributed by atoms with E-state index < -0.39 is 65.2 Å². The van der Waals surface area contributed by atoms with Gasteiger partial charge in [-0.1, -0.05) is 20.3 Å². The normalized spacial score (nSPS) is 17.6. The summed E-state index contributed by atoms with van der Waals surface area (Å²) in [5, 5.41) is 24.8. The summed E-state index contributed by atoms with van der Waals surface area (Å²) >= 11 is 0. The van der Waals surface area contributed by atoms with Gasteiger partial charge in [0.25, 0.3) is 0 Å². The Bertz CT molecular complexity index is 856. The Hall–Kier alpha value is -2.89. The molecule has 0 unspecified atom stereocenters. The van der Waals surface area contributed by atoms with Gasteiger partial charge in [-0.05, 0) is 73.1 Å². The van der Waals surface area contributed by atoms with Gasteiger partial charge in [0.1, 0.15) is 17.7 Å². The number of alkyl carbamates (subject to hydrolysis) is 1. The van der Waals surface area contributed by atoms with Crippen molar-refractivity contribution in [3.63, 3.8) is 0 Å². The third-order valence-corrected chi connectivity index (χ3v) is 6.37. The second kappa shape index (κ2) is 15.0. The number of carboxylic acid groups (broad SMARTS) is 1. The zero-order valence-electron chi connectivity index (χ0n) is 24.2. The highest BCUT2D eigenvalue weighted by Crippen LogP contribution is 2.21. The first-order chi connectivity index (χ1) is 17.9. The molecule has 4 N–H and O–H groups in total. The molecule has 4 atom stereocenters. The van der Waals surface area contributed by atoms with Crippen molar-refractivity contribution in [2.45, 2.75) is 135 Å². The molecule has 12 nitrogen and oxygen atoms in total. The number of aliphatic carboxylic acids is 1. The zero-order chi connectivity index (χ0) is 30.0. The Labute approximate surface area is 230 Å². The first-order valence-corrected chi connectivity index (χ1v) is 13.6. The summed E-state index contributed by atoms with van der Waals surface area (Å²) in [5.74, 6) is -4.47. The van der Waals surface area contributed by atoms with Crippen molar-refractivity contribution in [1.82, 2.24) is 10.6 Å². The van der Waals surface area contributed by atoms with Crippen LogP contribution in [0.25, 0.3) is 0 Å². The Morgan fingerprint density at radius 2 is 1.56 bits per heavy atom. The van der Waals surface area contributed by atoms with Gasteiger partial charge in [0, 0.05) is 12.3 Å². The quantitative estimate of drug-likeness (QED) is 0.194. The number of amides is 2. The number of esters is 2. The lowest BCUT2D eigenvalue weighted by atomic mass is 9.97. The molecule has 0 aromatic heterocycles. The number of carbonyl (C=O) groups excluding carboxylic acids is 4. The number of hydrogen-bond donors (Lipinski definition) is 4. The number of aliphatic hydroxyl groups is 1. The van der Waals surface area contributed by atoms with E-state index in [-0.39, 0.29) is 18.9 Å². The van der Waals surface area contributed by atoms with Gasteiger partial charge in [-0.25, -0.2) is 14.4 Å². The van der Waals surface area contributed by atoms with Gasteiger partial charge >= 0.3 is 24.0 Å². The predicted octanol–water partition coefficient (Wildman–Crippen LogP) is 2.83. The molecule has 1 saturated carbocycles. The van der Waals surface area contributed by atoms with Gasteiger partial charge in [-0.15, -0.1) is 0 Å². The molecular formula is C27H46N2O10. The summed E-state index contributed by atoms with van der Waals surface area (Å²) in [4.78, 5) is 62.7. The van der Waals surface area contributed by atoms with Crippen LogP contribution in [-0.4, -0.2) is 75.6 Å². The molecular weight excluding hydrogens is 512 g/mol. The molecule has 0 spiro atoms. The van der Waals surface area contributed by atoms with E-state index >= 15 is 0 Å². The summed E-state index contributed by atoms with van der Waals surface area (Å²) in [6.45, 7) is 10.7. The minimum Gasteiger partial charge on any atom is -0.478 e. The molecule has 0 radical (unpaired) electrons. The zero-order valence-corrected chi connectivity index (χ0v) is 24.2. The maximum atomic E-state index is 13.2. The summed E-state index contributed by atoms with van der Waals surface area (Å²) in [7, 11) is 0. The van der Waals surface area contributed by atoms with Crippen LogP contribution < -0.4 is 10.6 Å². The average molecular weight is 559 g/mol. The molecule has 1 aliphatic carbocycles. The summed E-state index contributed by atoms with van der Waals surface area (Å²) in [6.07, 6.45) is 2.02. The number of ether oxygens (including phenoxy) is 3. The molecule has 0 aliphatic heterocycles. The van der Waals surface area contributed by atoms with Crippen LogP contribution in [0.15, 0.2) is 0 Å². The van der Waals surface area contributed by atoms with Crippen LogP contribution in [0.2, 0.25) is 0 Å². The van der Waals surface area contributed by atoms with E-state index in [2.05, 4.69) is 10.6 Å². The fraction of sp³-hybridized carbons (Fsp3) is 0.815. The van der Waals surface area contributed by atoms with Gasteiger partial charge in [0.05, 0.1) is 5.60 Å². The minimum atomic E-state index is -1.86. The highest BCUT2D eigenvalue weighted by Gasteiger charge is 2.41. The van der Waals surface area contributed by atoms with Crippen molar-refractivity contribution in [1.29, 1.82) is 0 Å². The molecule has 1 rings (SSSR count). The van der Waals surface area contributed by atoms with Crippen molar-refractivity contribution in [2.75, 3.05) is 0 Å². The molecule has 2 amide bonds. The first kappa shape index (κ1) is 34.1. The van der Waals surface area contributed by atoms with E-state index in [1.807, 2.05) is 0 Å². The van der Waals surface area contributed by atoms with E-state index in [9.17, 15) is 34.2 Å². The van der Waals surface area contributed by atoms with Crippen molar-refractivity contribution < 1.29 is 48.4 Å². The summed E-state index contributed by atoms with van der Waals surface area (Å²) in [5.41, 5.74) is -2.73. The fourth-order valence-electron chi connectivity index (χ4n) is 3.99. The van der Waals surface area contributed by atoms with E-state index in [1.54, 1.807) is 34.6 Å². The van der Waals surface area contributed by atoms with Crippen molar-refractivity contribution in [3.8, 4) is 0 Å². The van der Waals surface area contributed by atoms with E-state index in [1.165, 1.54) is 13.8 Å². The lowest BCUT2D eigenvalue weighted by Gasteiger charge is -2.31. The van der Waals surface area contributed by atoms with Crippen LogP contribution in [0.5, 0.6) is 0 Å². The lowest BCUT2D eigenvalue weighted by Crippen LogP contribution is -2.59. The van der Waals surface area contributed by atoms with Gasteiger partial charge < -0.3 is 35.1 Å². The number of nitrogens with one attached hydrogen (secondary N) is 2. The third-order valence-electron chi connectivity index (χ3n) is 6.37. The van der Waals surface area contributed by atoms with Gasteiger partial charge in [-0.2, -0.15) is 0 Å². The molecule has 0 aromatic rings. The molecule has 0 heterocycles. The van der Waals surface area contributed by atoms with Gasteiger partial charge in [-0.3, -0.25) is 9.59 Å². The Morgan fingerprint density at radius 3 is 2.05 bits per heavy atom. The predicted molar refractivity (Wildman–Crippen MR) is 141 cm³/mol. The lowest BCUT2D eigenvalue weighted by molar-refractivity contribution is -0.173. The second-order valence-corrected chi connectivity index (χ2v) is 11.7. The van der Waals surface area contributed by atoms with Crippen LogP contribution in [0, 0.1) is 5.92 Å². The van der Waals surface area contributed by atoms with Crippen LogP contribution in [-0.2, 0) is 33.4 Å². The van der Waals surface area contributed by atoms with Gasteiger partial charge in [0.15, 0.2) is 6.04 Å². The molecule has 1 aliphatic rings. The van der Waals surface area contributed by atoms with Crippen molar-refractivity contribution >= 4 is 29.9 Å². The molecule has 39 heavy (non-hydrogen) atoms. The maximum absolute atomic E-state index is 13.2. The maximum Gasteiger partial charge on any atom is 0.408 e. The topological polar surface area (TPSA) is 178 Å². The van der Waals surface area contributed by atoms with Crippen LogP contribution >= 0.6 is 0 Å². The van der Waals surface area contributed by atoms with Crippen molar-refractivity contribution in [2.24, 2.45) is 5.92 Å². The summed E-state index contributed by atoms with van der Waals surface area (Å²) in [6, 6.07) is -3.01. The van der Waals surface area contributed by atoms with Crippen LogP contribution in [0.4, 0.5) is 4.79 Å². The number of carboxylic acids is 1. The fourth-order valence-corrected chi connectivity index (χ4v) is 3.99. The Kier molecular flexibility index (Phi) is 13.2. The van der Waals surface area contributed by atoms with E-state index in [0.717, 1.165) is 32.1 Å². The molecule has 0 aromatic carbocycles. The number of carbonyl (C=O) groups is 5.